The number of halogens is 1. The Morgan fingerprint density at radius 3 is 2.79 bits per heavy atom. The van der Waals surface area contributed by atoms with E-state index in [2.05, 4.69) is 4.72 Å². The van der Waals surface area contributed by atoms with E-state index in [9.17, 15) is 17.6 Å². The summed E-state index contributed by atoms with van der Waals surface area (Å²) in [5, 5.41) is 0. The minimum Gasteiger partial charge on any atom is -0.338 e. The lowest BCUT2D eigenvalue weighted by atomic mass is 10.0. The molecule has 1 N–H and O–H groups in total. The third kappa shape index (κ3) is 3.95. The van der Waals surface area contributed by atoms with Gasteiger partial charge in [0.2, 0.25) is 15.9 Å². The summed E-state index contributed by atoms with van der Waals surface area (Å²) >= 11 is 0. The van der Waals surface area contributed by atoms with E-state index in [4.69, 9.17) is 0 Å². The van der Waals surface area contributed by atoms with Crippen molar-refractivity contribution in [1.82, 2.24) is 9.62 Å². The summed E-state index contributed by atoms with van der Waals surface area (Å²) in [6, 6.07) is 6.50. The van der Waals surface area contributed by atoms with Gasteiger partial charge >= 0.3 is 0 Å². The molecule has 1 amide bonds. The molecule has 0 radical (unpaired) electrons. The Hall–Kier alpha value is -1.47. The predicted octanol–water partition coefficient (Wildman–Crippen LogP) is 1.86. The Bertz CT molecular complexity index is 722. The summed E-state index contributed by atoms with van der Waals surface area (Å²) in [4.78, 5) is 14.6. The summed E-state index contributed by atoms with van der Waals surface area (Å²) in [6.45, 7) is 0.900. The Labute approximate surface area is 142 Å². The van der Waals surface area contributed by atoms with E-state index < -0.39 is 10.0 Å². The first-order valence-corrected chi connectivity index (χ1v) is 10.3. The average Bonchev–Trinajstić information content (AvgIpc) is 3.33. The van der Waals surface area contributed by atoms with Gasteiger partial charge in [-0.05, 0) is 43.2 Å². The Kier molecular flexibility index (Phi) is 4.92. The van der Waals surface area contributed by atoms with Crippen LogP contribution in [0.4, 0.5) is 4.39 Å². The topological polar surface area (TPSA) is 66.5 Å². The van der Waals surface area contributed by atoms with Crippen LogP contribution in [0.3, 0.4) is 0 Å². The number of benzene rings is 1. The number of piperidine rings is 1. The second-order valence-corrected chi connectivity index (χ2v) is 8.61. The van der Waals surface area contributed by atoms with Gasteiger partial charge in [0.15, 0.2) is 0 Å². The molecule has 5 nitrogen and oxygen atoms in total. The van der Waals surface area contributed by atoms with Crippen LogP contribution >= 0.6 is 0 Å². The van der Waals surface area contributed by atoms with Crippen LogP contribution in [0.2, 0.25) is 0 Å². The molecule has 1 heterocycles. The smallest absolute Gasteiger partial charge is 0.226 e. The number of sulfonamides is 1. The highest BCUT2D eigenvalue weighted by atomic mass is 32.2. The first kappa shape index (κ1) is 17.4. The van der Waals surface area contributed by atoms with Crippen molar-refractivity contribution in [3.05, 3.63) is 35.6 Å². The second-order valence-electron chi connectivity index (χ2n) is 6.77. The van der Waals surface area contributed by atoms with Crippen LogP contribution in [0.1, 0.15) is 37.2 Å². The molecule has 24 heavy (non-hydrogen) atoms. The van der Waals surface area contributed by atoms with Gasteiger partial charge in [0.25, 0.3) is 0 Å². The lowest BCUT2D eigenvalue weighted by molar-refractivity contribution is -0.136. The lowest BCUT2D eigenvalue weighted by Gasteiger charge is -2.36. The normalized spacial score (nSPS) is 27.1. The van der Waals surface area contributed by atoms with Gasteiger partial charge in [-0.25, -0.2) is 17.5 Å². The van der Waals surface area contributed by atoms with E-state index >= 15 is 0 Å². The van der Waals surface area contributed by atoms with Gasteiger partial charge in [-0.15, -0.1) is 0 Å². The van der Waals surface area contributed by atoms with Crippen LogP contribution in [-0.2, 0) is 14.8 Å². The molecule has 2 aliphatic rings. The van der Waals surface area contributed by atoms with Crippen molar-refractivity contribution >= 4 is 15.9 Å². The highest BCUT2D eigenvalue weighted by Crippen LogP contribution is 2.49. The Balaban J connectivity index is 1.66. The summed E-state index contributed by atoms with van der Waals surface area (Å²) in [5.74, 6) is -0.458. The molecule has 0 spiro atoms. The Morgan fingerprint density at radius 1 is 1.33 bits per heavy atom. The van der Waals surface area contributed by atoms with E-state index in [0.717, 1.165) is 25.5 Å². The molecule has 3 atom stereocenters. The summed E-state index contributed by atoms with van der Waals surface area (Å²) < 4.78 is 39.0. The molecule has 0 aromatic heterocycles. The van der Waals surface area contributed by atoms with Gasteiger partial charge in [0.05, 0.1) is 6.26 Å². The number of likely N-dealkylation sites (tertiary alicyclic amines) is 1. The maximum atomic E-state index is 13.9. The molecule has 3 unspecified atom stereocenters. The molecule has 0 bridgehead atoms. The third-order valence-electron chi connectivity index (χ3n) is 4.90. The number of carbonyl (C=O) groups excluding carboxylic acids is 1. The molecular weight excluding hydrogens is 331 g/mol. The van der Waals surface area contributed by atoms with Crippen molar-refractivity contribution < 1.29 is 17.6 Å². The molecule has 7 heteroatoms. The average molecular weight is 354 g/mol. The standard InChI is InChI=1S/C17H23FN2O3S/c1-24(22,23)19-11-12-6-4-5-9-20(12)17(21)15-10-14(15)13-7-2-3-8-16(13)18/h2-3,7-8,12,14-15,19H,4-6,9-11H2,1H3. The highest BCUT2D eigenvalue weighted by Gasteiger charge is 2.48. The minimum absolute atomic E-state index is 0.0308. The monoisotopic (exact) mass is 354 g/mol. The number of nitrogens with one attached hydrogen (secondary N) is 1. The molecule has 1 aromatic rings. The van der Waals surface area contributed by atoms with Gasteiger partial charge in [-0.3, -0.25) is 4.79 Å². The third-order valence-corrected chi connectivity index (χ3v) is 5.59. The summed E-state index contributed by atoms with van der Waals surface area (Å²) in [6.07, 6.45) is 4.50. The fourth-order valence-corrected chi connectivity index (χ4v) is 4.05. The first-order valence-electron chi connectivity index (χ1n) is 8.36. The number of rotatable bonds is 5. The van der Waals surface area contributed by atoms with Crippen molar-refractivity contribution in [1.29, 1.82) is 0 Å². The van der Waals surface area contributed by atoms with E-state index in [1.165, 1.54) is 6.07 Å². The molecule has 3 rings (SSSR count). The van der Waals surface area contributed by atoms with Crippen LogP contribution in [0, 0.1) is 11.7 Å². The van der Waals surface area contributed by atoms with Crippen LogP contribution in [0.15, 0.2) is 24.3 Å². The summed E-state index contributed by atoms with van der Waals surface area (Å²) in [7, 11) is -3.27. The zero-order valence-corrected chi connectivity index (χ0v) is 14.6. The molecule has 1 saturated carbocycles. The first-order chi connectivity index (χ1) is 11.4. The van der Waals surface area contributed by atoms with Crippen LogP contribution in [-0.4, -0.2) is 44.6 Å². The maximum Gasteiger partial charge on any atom is 0.226 e. The molecule has 1 aromatic carbocycles. The number of hydrogen-bond donors (Lipinski definition) is 1. The number of amides is 1. The molecule has 2 fully saturated rings. The van der Waals surface area contributed by atoms with Crippen LogP contribution in [0.5, 0.6) is 0 Å². The van der Waals surface area contributed by atoms with Crippen molar-refractivity contribution in [3.63, 3.8) is 0 Å². The van der Waals surface area contributed by atoms with Gasteiger partial charge < -0.3 is 4.90 Å². The van der Waals surface area contributed by atoms with Gasteiger partial charge in [0.1, 0.15) is 5.82 Å². The number of carbonyl (C=O) groups is 1. The molecule has 1 saturated heterocycles. The number of hydrogen-bond acceptors (Lipinski definition) is 3. The van der Waals surface area contributed by atoms with Gasteiger partial charge in [-0.2, -0.15) is 0 Å². The molecule has 1 aliphatic carbocycles. The quantitative estimate of drug-likeness (QED) is 0.878. The second kappa shape index (κ2) is 6.80. The molecular formula is C17H23FN2O3S. The summed E-state index contributed by atoms with van der Waals surface area (Å²) in [5.41, 5.74) is 0.610. The minimum atomic E-state index is -3.27. The van der Waals surface area contributed by atoms with Crippen molar-refractivity contribution in [2.75, 3.05) is 19.3 Å². The van der Waals surface area contributed by atoms with E-state index in [1.807, 2.05) is 0 Å². The fraction of sp³-hybridized carbons (Fsp3) is 0.588. The predicted molar refractivity (Wildman–Crippen MR) is 89.4 cm³/mol. The van der Waals surface area contributed by atoms with Crippen LogP contribution < -0.4 is 4.72 Å². The SMILES string of the molecule is CS(=O)(=O)NCC1CCCCN1C(=O)C1CC1c1ccccc1F. The maximum absolute atomic E-state index is 13.9. The Morgan fingerprint density at radius 2 is 2.08 bits per heavy atom. The lowest BCUT2D eigenvalue weighted by Crippen LogP contribution is -2.49. The van der Waals surface area contributed by atoms with E-state index in [0.29, 0.717) is 18.5 Å². The highest BCUT2D eigenvalue weighted by molar-refractivity contribution is 7.88. The number of nitrogens with zero attached hydrogens (tertiary/aromatic N) is 1. The van der Waals surface area contributed by atoms with Crippen molar-refractivity contribution in [2.24, 2.45) is 5.92 Å². The fourth-order valence-electron chi connectivity index (χ4n) is 3.55. The molecule has 1 aliphatic heterocycles. The van der Waals surface area contributed by atoms with E-state index in [1.54, 1.807) is 23.1 Å². The zero-order chi connectivity index (χ0) is 17.3. The van der Waals surface area contributed by atoms with Gasteiger partial charge in [-0.1, -0.05) is 18.2 Å². The van der Waals surface area contributed by atoms with Crippen LogP contribution in [0.25, 0.3) is 0 Å². The van der Waals surface area contributed by atoms with Gasteiger partial charge in [0, 0.05) is 25.0 Å². The zero-order valence-electron chi connectivity index (χ0n) is 13.7. The van der Waals surface area contributed by atoms with Crippen molar-refractivity contribution in [3.8, 4) is 0 Å². The largest absolute Gasteiger partial charge is 0.338 e. The van der Waals surface area contributed by atoms with E-state index in [-0.39, 0.29) is 36.1 Å². The van der Waals surface area contributed by atoms with Crippen molar-refractivity contribution in [2.45, 2.75) is 37.6 Å². The molecule has 132 valence electrons.